The first kappa shape index (κ1) is 19.1. The molecule has 0 radical (unpaired) electrons. The molecule has 1 aliphatic heterocycles. The number of carbonyl (C=O) groups excluding carboxylic acids is 1. The molecule has 1 saturated heterocycles. The summed E-state index contributed by atoms with van der Waals surface area (Å²) in [4.78, 5) is 14.0. The predicted octanol–water partition coefficient (Wildman–Crippen LogP) is 3.10. The summed E-state index contributed by atoms with van der Waals surface area (Å²) >= 11 is 0. The molecule has 0 aromatic heterocycles. The zero-order chi connectivity index (χ0) is 16.8. The molecule has 5 nitrogen and oxygen atoms in total. The van der Waals surface area contributed by atoms with Crippen molar-refractivity contribution in [1.29, 1.82) is 0 Å². The van der Waals surface area contributed by atoms with Crippen LogP contribution < -0.4 is 14.8 Å². The maximum absolute atomic E-state index is 12.2. The molecule has 0 bridgehead atoms. The first-order valence-corrected chi connectivity index (χ1v) is 8.17. The van der Waals surface area contributed by atoms with Crippen LogP contribution in [0.25, 0.3) is 0 Å². The predicted molar refractivity (Wildman–Crippen MR) is 99.7 cm³/mol. The van der Waals surface area contributed by atoms with E-state index in [1.54, 1.807) is 0 Å². The number of ether oxygens (including phenoxy) is 2. The molecule has 0 unspecified atom stereocenters. The lowest BCUT2D eigenvalue weighted by Crippen LogP contribution is -2.52. The second-order valence-electron chi connectivity index (χ2n) is 5.87. The second-order valence-corrected chi connectivity index (χ2v) is 5.87. The number of hydrogen-bond acceptors (Lipinski definition) is 4. The Balaban J connectivity index is 0.00000225. The van der Waals surface area contributed by atoms with Crippen LogP contribution >= 0.6 is 12.4 Å². The van der Waals surface area contributed by atoms with Crippen molar-refractivity contribution in [3.63, 3.8) is 0 Å². The first-order chi connectivity index (χ1) is 11.7. The highest BCUT2D eigenvalue weighted by atomic mass is 35.5. The summed E-state index contributed by atoms with van der Waals surface area (Å²) in [6.45, 7) is 4.43. The van der Waals surface area contributed by atoms with Gasteiger partial charge >= 0.3 is 0 Å². The quantitative estimate of drug-likeness (QED) is 0.888. The third kappa shape index (κ3) is 5.66. The Morgan fingerprint density at radius 2 is 1.72 bits per heavy atom. The van der Waals surface area contributed by atoms with Crippen molar-refractivity contribution >= 4 is 18.3 Å². The standard InChI is InChI=1S/C19H22N2O3.ClH/c1-15-13-21(12-11-20-15)19(22)14-23-16-7-9-18(10-8-16)24-17-5-3-2-4-6-17;/h2-10,15,20H,11-14H2,1H3;1H/t15-;/m1./s1. The van der Waals surface area contributed by atoms with Crippen molar-refractivity contribution in [2.75, 3.05) is 26.2 Å². The normalized spacial score (nSPS) is 16.7. The fourth-order valence-electron chi connectivity index (χ4n) is 2.62. The SMILES string of the molecule is C[C@@H]1CN(C(=O)COc2ccc(Oc3ccccc3)cc2)CCN1.Cl. The minimum atomic E-state index is 0. The van der Waals surface area contributed by atoms with Crippen LogP contribution in [0.1, 0.15) is 6.92 Å². The smallest absolute Gasteiger partial charge is 0.260 e. The lowest BCUT2D eigenvalue weighted by Gasteiger charge is -2.31. The molecule has 1 N–H and O–H groups in total. The van der Waals surface area contributed by atoms with Crippen LogP contribution in [0.3, 0.4) is 0 Å². The molecule has 1 atom stereocenters. The number of para-hydroxylation sites is 1. The maximum Gasteiger partial charge on any atom is 0.260 e. The highest BCUT2D eigenvalue weighted by Crippen LogP contribution is 2.23. The van der Waals surface area contributed by atoms with E-state index in [1.165, 1.54) is 0 Å². The molecule has 1 aliphatic rings. The van der Waals surface area contributed by atoms with Gasteiger partial charge in [-0.3, -0.25) is 4.79 Å². The summed E-state index contributed by atoms with van der Waals surface area (Å²) in [5.74, 6) is 2.20. The van der Waals surface area contributed by atoms with Crippen molar-refractivity contribution in [1.82, 2.24) is 10.2 Å². The van der Waals surface area contributed by atoms with E-state index < -0.39 is 0 Å². The number of benzene rings is 2. The second kappa shape index (κ2) is 9.30. The van der Waals surface area contributed by atoms with Gasteiger partial charge < -0.3 is 19.7 Å². The van der Waals surface area contributed by atoms with Crippen molar-refractivity contribution < 1.29 is 14.3 Å². The molecule has 3 rings (SSSR count). The van der Waals surface area contributed by atoms with Crippen LogP contribution in [-0.4, -0.2) is 43.1 Å². The van der Waals surface area contributed by atoms with Crippen molar-refractivity contribution in [2.45, 2.75) is 13.0 Å². The van der Waals surface area contributed by atoms with Crippen LogP contribution in [0.2, 0.25) is 0 Å². The summed E-state index contributed by atoms with van der Waals surface area (Å²) in [6, 6.07) is 17.2. The molecule has 6 heteroatoms. The molecule has 0 aliphatic carbocycles. The largest absolute Gasteiger partial charge is 0.484 e. The molecular formula is C19H23ClN2O3. The van der Waals surface area contributed by atoms with Crippen LogP contribution in [0.15, 0.2) is 54.6 Å². The molecule has 2 aromatic carbocycles. The number of hydrogen-bond donors (Lipinski definition) is 1. The Kier molecular flexibility index (Phi) is 7.10. The molecule has 1 amide bonds. The van der Waals surface area contributed by atoms with E-state index in [4.69, 9.17) is 9.47 Å². The summed E-state index contributed by atoms with van der Waals surface area (Å²) < 4.78 is 11.3. The Morgan fingerprint density at radius 3 is 2.40 bits per heavy atom. The van der Waals surface area contributed by atoms with Gasteiger partial charge in [0, 0.05) is 25.7 Å². The van der Waals surface area contributed by atoms with Gasteiger partial charge in [-0.1, -0.05) is 18.2 Å². The topological polar surface area (TPSA) is 50.8 Å². The molecular weight excluding hydrogens is 340 g/mol. The molecule has 2 aromatic rings. The molecule has 134 valence electrons. The van der Waals surface area contributed by atoms with Gasteiger partial charge in [0.05, 0.1) is 0 Å². The molecule has 0 spiro atoms. The average Bonchev–Trinajstić information content (AvgIpc) is 2.62. The summed E-state index contributed by atoms with van der Waals surface area (Å²) in [6.07, 6.45) is 0. The number of nitrogens with zero attached hydrogens (tertiary/aromatic N) is 1. The van der Waals surface area contributed by atoms with Crippen molar-refractivity contribution in [3.8, 4) is 17.2 Å². The molecule has 1 heterocycles. The third-order valence-electron chi connectivity index (χ3n) is 3.89. The van der Waals surface area contributed by atoms with E-state index in [1.807, 2.05) is 59.5 Å². The lowest BCUT2D eigenvalue weighted by atomic mass is 10.2. The van der Waals surface area contributed by atoms with E-state index in [-0.39, 0.29) is 24.9 Å². The van der Waals surface area contributed by atoms with E-state index in [0.717, 1.165) is 31.1 Å². The Hall–Kier alpha value is -2.24. The molecule has 25 heavy (non-hydrogen) atoms. The Bertz CT molecular complexity index is 664. The van der Waals surface area contributed by atoms with Crippen LogP contribution in [0.4, 0.5) is 0 Å². The third-order valence-corrected chi connectivity index (χ3v) is 3.89. The van der Waals surface area contributed by atoms with Gasteiger partial charge in [-0.2, -0.15) is 0 Å². The number of amides is 1. The molecule has 0 saturated carbocycles. The van der Waals surface area contributed by atoms with E-state index in [2.05, 4.69) is 12.2 Å². The van der Waals surface area contributed by atoms with E-state index in [0.29, 0.717) is 11.8 Å². The summed E-state index contributed by atoms with van der Waals surface area (Å²) in [5, 5.41) is 3.32. The number of halogens is 1. The zero-order valence-corrected chi connectivity index (χ0v) is 15.0. The van der Waals surface area contributed by atoms with Crippen LogP contribution in [-0.2, 0) is 4.79 Å². The zero-order valence-electron chi connectivity index (χ0n) is 14.2. The Labute approximate surface area is 154 Å². The van der Waals surface area contributed by atoms with Gasteiger partial charge in [0.25, 0.3) is 5.91 Å². The number of rotatable bonds is 5. The fraction of sp³-hybridized carbons (Fsp3) is 0.316. The van der Waals surface area contributed by atoms with Gasteiger partial charge in [-0.25, -0.2) is 0 Å². The highest BCUT2D eigenvalue weighted by molar-refractivity contribution is 5.85. The monoisotopic (exact) mass is 362 g/mol. The van der Waals surface area contributed by atoms with E-state index in [9.17, 15) is 4.79 Å². The Morgan fingerprint density at radius 1 is 1.08 bits per heavy atom. The average molecular weight is 363 g/mol. The van der Waals surface area contributed by atoms with Gasteiger partial charge in [0.15, 0.2) is 6.61 Å². The fourth-order valence-corrected chi connectivity index (χ4v) is 2.62. The van der Waals surface area contributed by atoms with E-state index >= 15 is 0 Å². The van der Waals surface area contributed by atoms with Crippen molar-refractivity contribution in [2.24, 2.45) is 0 Å². The highest BCUT2D eigenvalue weighted by Gasteiger charge is 2.20. The van der Waals surface area contributed by atoms with Gasteiger partial charge in [0.1, 0.15) is 17.2 Å². The van der Waals surface area contributed by atoms with Crippen LogP contribution in [0, 0.1) is 0 Å². The number of carbonyl (C=O) groups is 1. The number of nitrogens with one attached hydrogen (secondary N) is 1. The number of piperazine rings is 1. The van der Waals surface area contributed by atoms with Crippen LogP contribution in [0.5, 0.6) is 17.2 Å². The minimum Gasteiger partial charge on any atom is -0.484 e. The first-order valence-electron chi connectivity index (χ1n) is 8.17. The maximum atomic E-state index is 12.2. The van der Waals surface area contributed by atoms with Crippen molar-refractivity contribution in [3.05, 3.63) is 54.6 Å². The summed E-state index contributed by atoms with van der Waals surface area (Å²) in [5.41, 5.74) is 0. The molecule has 1 fully saturated rings. The van der Waals surface area contributed by atoms with Gasteiger partial charge in [-0.15, -0.1) is 12.4 Å². The lowest BCUT2D eigenvalue weighted by molar-refractivity contribution is -0.134. The van der Waals surface area contributed by atoms with Gasteiger partial charge in [-0.05, 0) is 43.3 Å². The minimum absolute atomic E-state index is 0. The summed E-state index contributed by atoms with van der Waals surface area (Å²) in [7, 11) is 0. The van der Waals surface area contributed by atoms with Gasteiger partial charge in [0.2, 0.25) is 0 Å².